The summed E-state index contributed by atoms with van der Waals surface area (Å²) in [5, 5.41) is 6.52. The number of amides is 1. The van der Waals surface area contributed by atoms with Crippen LogP contribution in [0.2, 0.25) is 0 Å². The van der Waals surface area contributed by atoms with E-state index in [1.54, 1.807) is 0 Å². The van der Waals surface area contributed by atoms with Gasteiger partial charge in [-0.2, -0.15) is 0 Å². The number of rotatable bonds is 3. The van der Waals surface area contributed by atoms with E-state index in [4.69, 9.17) is 0 Å². The molecule has 0 aromatic rings. The van der Waals surface area contributed by atoms with Gasteiger partial charge in [0.15, 0.2) is 0 Å². The van der Waals surface area contributed by atoms with Crippen molar-refractivity contribution in [2.75, 3.05) is 6.54 Å². The summed E-state index contributed by atoms with van der Waals surface area (Å²) >= 11 is 0. The monoisotopic (exact) mass is 196 g/mol. The van der Waals surface area contributed by atoms with Crippen LogP contribution in [0.1, 0.15) is 39.0 Å². The Morgan fingerprint density at radius 1 is 1.57 bits per heavy atom. The maximum Gasteiger partial charge on any atom is 0.221 e. The number of carbonyl (C=O) groups excluding carboxylic acids is 1. The lowest BCUT2D eigenvalue weighted by atomic mass is 10.1. The van der Waals surface area contributed by atoms with Crippen LogP contribution in [0.5, 0.6) is 0 Å². The second-order valence-corrected chi connectivity index (χ2v) is 4.57. The van der Waals surface area contributed by atoms with E-state index in [2.05, 4.69) is 17.6 Å². The Kier molecular flexibility index (Phi) is 3.06. The van der Waals surface area contributed by atoms with Crippen molar-refractivity contribution in [1.82, 2.24) is 10.6 Å². The molecule has 1 saturated heterocycles. The van der Waals surface area contributed by atoms with Crippen molar-refractivity contribution in [2.45, 2.75) is 51.1 Å². The van der Waals surface area contributed by atoms with Crippen molar-refractivity contribution in [2.24, 2.45) is 5.92 Å². The summed E-state index contributed by atoms with van der Waals surface area (Å²) in [7, 11) is 0. The van der Waals surface area contributed by atoms with Crippen LogP contribution in [0.15, 0.2) is 0 Å². The van der Waals surface area contributed by atoms with E-state index in [1.165, 1.54) is 12.8 Å². The molecule has 3 heteroatoms. The fourth-order valence-electron chi connectivity index (χ4n) is 2.32. The van der Waals surface area contributed by atoms with Crippen LogP contribution in [0.3, 0.4) is 0 Å². The van der Waals surface area contributed by atoms with E-state index in [-0.39, 0.29) is 5.91 Å². The summed E-state index contributed by atoms with van der Waals surface area (Å²) in [5.74, 6) is 1.09. The summed E-state index contributed by atoms with van der Waals surface area (Å²) in [6, 6.07) is 1.13. The van der Waals surface area contributed by atoms with Gasteiger partial charge in [-0.25, -0.2) is 0 Å². The number of hydrogen-bond acceptors (Lipinski definition) is 2. The van der Waals surface area contributed by atoms with E-state index >= 15 is 0 Å². The van der Waals surface area contributed by atoms with Gasteiger partial charge in [0, 0.05) is 25.0 Å². The average molecular weight is 196 g/mol. The lowest BCUT2D eigenvalue weighted by Crippen LogP contribution is -2.34. The molecule has 1 aliphatic carbocycles. The molecule has 2 N–H and O–H groups in total. The molecule has 3 unspecified atom stereocenters. The number of carbonyl (C=O) groups is 1. The molecule has 2 aliphatic rings. The lowest BCUT2D eigenvalue weighted by Gasteiger charge is -2.14. The van der Waals surface area contributed by atoms with Crippen LogP contribution in [0, 0.1) is 5.92 Å². The van der Waals surface area contributed by atoms with E-state index in [1.807, 2.05) is 0 Å². The Bertz CT molecular complexity index is 217. The standard InChI is InChI=1S/C11H20N2O/c1-2-8-6-10(8)13-9-4-3-5-12-11(14)7-9/h8-10,13H,2-7H2,1H3,(H,12,14). The fraction of sp³-hybridized carbons (Fsp3) is 0.909. The third-order valence-corrected chi connectivity index (χ3v) is 3.38. The topological polar surface area (TPSA) is 41.1 Å². The van der Waals surface area contributed by atoms with Gasteiger partial charge in [-0.05, 0) is 25.2 Å². The van der Waals surface area contributed by atoms with Crippen LogP contribution in [-0.2, 0) is 4.79 Å². The van der Waals surface area contributed by atoms with Gasteiger partial charge in [0.25, 0.3) is 0 Å². The zero-order valence-corrected chi connectivity index (χ0v) is 8.88. The van der Waals surface area contributed by atoms with Crippen molar-refractivity contribution < 1.29 is 4.79 Å². The van der Waals surface area contributed by atoms with Gasteiger partial charge in [0.05, 0.1) is 0 Å². The Balaban J connectivity index is 1.76. The Hall–Kier alpha value is -0.570. The lowest BCUT2D eigenvalue weighted by molar-refractivity contribution is -0.121. The second-order valence-electron chi connectivity index (χ2n) is 4.57. The first-order valence-electron chi connectivity index (χ1n) is 5.82. The van der Waals surface area contributed by atoms with Gasteiger partial charge in [0.2, 0.25) is 5.91 Å². The summed E-state index contributed by atoms with van der Waals surface area (Å²) < 4.78 is 0. The molecule has 1 aliphatic heterocycles. The van der Waals surface area contributed by atoms with Crippen LogP contribution in [0.4, 0.5) is 0 Å². The molecular formula is C11H20N2O. The fourth-order valence-corrected chi connectivity index (χ4v) is 2.32. The van der Waals surface area contributed by atoms with Gasteiger partial charge >= 0.3 is 0 Å². The molecule has 2 fully saturated rings. The van der Waals surface area contributed by atoms with Crippen molar-refractivity contribution >= 4 is 5.91 Å². The highest BCUT2D eigenvalue weighted by molar-refractivity contribution is 5.76. The van der Waals surface area contributed by atoms with Gasteiger partial charge in [-0.1, -0.05) is 13.3 Å². The first-order chi connectivity index (χ1) is 6.79. The Labute approximate surface area is 85.6 Å². The average Bonchev–Trinajstić information content (AvgIpc) is 2.92. The smallest absolute Gasteiger partial charge is 0.221 e. The van der Waals surface area contributed by atoms with E-state index in [9.17, 15) is 4.79 Å². The molecular weight excluding hydrogens is 176 g/mol. The predicted molar refractivity (Wildman–Crippen MR) is 56.0 cm³/mol. The molecule has 3 atom stereocenters. The van der Waals surface area contributed by atoms with Gasteiger partial charge in [-0.15, -0.1) is 0 Å². The van der Waals surface area contributed by atoms with E-state index < -0.39 is 0 Å². The highest BCUT2D eigenvalue weighted by atomic mass is 16.1. The zero-order valence-electron chi connectivity index (χ0n) is 8.88. The molecule has 1 saturated carbocycles. The molecule has 0 aromatic heterocycles. The minimum Gasteiger partial charge on any atom is -0.356 e. The highest BCUT2D eigenvalue weighted by Crippen LogP contribution is 2.34. The molecule has 80 valence electrons. The third-order valence-electron chi connectivity index (χ3n) is 3.38. The molecule has 3 nitrogen and oxygen atoms in total. The molecule has 0 radical (unpaired) electrons. The number of nitrogens with one attached hydrogen (secondary N) is 2. The molecule has 1 heterocycles. The van der Waals surface area contributed by atoms with E-state index in [0.717, 1.165) is 25.3 Å². The van der Waals surface area contributed by atoms with Crippen LogP contribution in [0.25, 0.3) is 0 Å². The summed E-state index contributed by atoms with van der Waals surface area (Å²) in [6.45, 7) is 3.10. The predicted octanol–water partition coefficient (Wildman–Crippen LogP) is 1.04. The maximum atomic E-state index is 11.3. The van der Waals surface area contributed by atoms with Gasteiger partial charge in [0.1, 0.15) is 0 Å². The summed E-state index contributed by atoms with van der Waals surface area (Å²) in [4.78, 5) is 11.3. The van der Waals surface area contributed by atoms with Crippen LogP contribution in [-0.4, -0.2) is 24.5 Å². The maximum absolute atomic E-state index is 11.3. The Morgan fingerprint density at radius 2 is 2.43 bits per heavy atom. The third kappa shape index (κ3) is 2.47. The van der Waals surface area contributed by atoms with Crippen molar-refractivity contribution in [3.8, 4) is 0 Å². The normalized spacial score (nSPS) is 37.5. The molecule has 0 spiro atoms. The zero-order chi connectivity index (χ0) is 9.97. The Morgan fingerprint density at radius 3 is 3.14 bits per heavy atom. The molecule has 14 heavy (non-hydrogen) atoms. The van der Waals surface area contributed by atoms with Gasteiger partial charge in [-0.3, -0.25) is 4.79 Å². The number of hydrogen-bond donors (Lipinski definition) is 2. The minimum atomic E-state index is 0.216. The molecule has 2 rings (SSSR count). The molecule has 0 aromatic carbocycles. The second kappa shape index (κ2) is 4.30. The van der Waals surface area contributed by atoms with Crippen LogP contribution < -0.4 is 10.6 Å². The van der Waals surface area contributed by atoms with Crippen molar-refractivity contribution in [1.29, 1.82) is 0 Å². The molecule has 0 bridgehead atoms. The van der Waals surface area contributed by atoms with Crippen molar-refractivity contribution in [3.63, 3.8) is 0 Å². The summed E-state index contributed by atoms with van der Waals surface area (Å²) in [6.07, 6.45) is 5.52. The van der Waals surface area contributed by atoms with Crippen molar-refractivity contribution in [3.05, 3.63) is 0 Å². The van der Waals surface area contributed by atoms with E-state index in [0.29, 0.717) is 18.5 Å². The first-order valence-corrected chi connectivity index (χ1v) is 5.82. The summed E-state index contributed by atoms with van der Waals surface area (Å²) in [5.41, 5.74) is 0. The SMILES string of the molecule is CCC1CC1NC1CCCNC(=O)C1. The minimum absolute atomic E-state index is 0.216. The highest BCUT2D eigenvalue weighted by Gasteiger charge is 2.36. The largest absolute Gasteiger partial charge is 0.356 e. The van der Waals surface area contributed by atoms with Gasteiger partial charge < -0.3 is 10.6 Å². The first kappa shape index (κ1) is 9.97. The van der Waals surface area contributed by atoms with Crippen LogP contribution >= 0.6 is 0 Å². The molecule has 1 amide bonds. The quantitative estimate of drug-likeness (QED) is 0.708.